The third kappa shape index (κ3) is 3.50. The van der Waals surface area contributed by atoms with Crippen molar-refractivity contribution in [3.8, 4) is 22.8 Å². The summed E-state index contributed by atoms with van der Waals surface area (Å²) in [5.41, 5.74) is 1.51. The third-order valence-electron chi connectivity index (χ3n) is 4.25. The van der Waals surface area contributed by atoms with Gasteiger partial charge in [0.25, 0.3) is 5.91 Å². The highest BCUT2D eigenvalue weighted by Gasteiger charge is 2.34. The van der Waals surface area contributed by atoms with Crippen LogP contribution in [0.25, 0.3) is 11.3 Å². The van der Waals surface area contributed by atoms with Crippen molar-refractivity contribution in [3.05, 3.63) is 59.2 Å². The maximum atomic E-state index is 13.1. The van der Waals surface area contributed by atoms with Gasteiger partial charge in [-0.25, -0.2) is 9.37 Å². The average molecular weight is 384 g/mol. The van der Waals surface area contributed by atoms with Crippen LogP contribution in [0.4, 0.5) is 9.52 Å². The Bertz CT molecular complexity index is 987. The summed E-state index contributed by atoms with van der Waals surface area (Å²) in [6.07, 6.45) is -1.21. The van der Waals surface area contributed by atoms with Gasteiger partial charge in [0, 0.05) is 10.4 Å². The van der Waals surface area contributed by atoms with Crippen molar-refractivity contribution in [3.63, 3.8) is 0 Å². The maximum absolute atomic E-state index is 13.1. The van der Waals surface area contributed by atoms with Crippen molar-refractivity contribution < 1.29 is 18.7 Å². The average Bonchev–Trinajstić information content (AvgIpc) is 3.01. The number of halogens is 1. The van der Waals surface area contributed by atoms with E-state index in [4.69, 9.17) is 9.47 Å². The molecule has 0 bridgehead atoms. The topological polar surface area (TPSA) is 60.5 Å². The van der Waals surface area contributed by atoms with Gasteiger partial charge in [0.1, 0.15) is 11.9 Å². The Kier molecular flexibility index (Phi) is 4.53. The normalized spacial score (nSPS) is 18.2. The smallest absolute Gasteiger partial charge is 0.271 e. The highest BCUT2D eigenvalue weighted by atomic mass is 32.1. The zero-order valence-electron chi connectivity index (χ0n) is 14.7. The highest BCUT2D eigenvalue weighted by Crippen LogP contribution is 2.34. The molecule has 7 heteroatoms. The second kappa shape index (κ2) is 7.00. The Hall–Kier alpha value is -2.93. The minimum absolute atomic E-state index is 0.302. The first-order valence-corrected chi connectivity index (χ1v) is 9.29. The first-order valence-electron chi connectivity index (χ1n) is 8.48. The largest absolute Gasteiger partial charge is 0.482 e. The first kappa shape index (κ1) is 17.5. The summed E-state index contributed by atoms with van der Waals surface area (Å²) in [5.74, 6) is 0.538. The second-order valence-corrected chi connectivity index (χ2v) is 7.43. The van der Waals surface area contributed by atoms with Crippen molar-refractivity contribution in [2.24, 2.45) is 0 Å². The number of nitrogens with zero attached hydrogens (tertiary/aromatic N) is 1. The number of ether oxygens (including phenoxy) is 2. The molecule has 1 N–H and O–H groups in total. The van der Waals surface area contributed by atoms with Crippen LogP contribution < -0.4 is 14.8 Å². The molecule has 2 unspecified atom stereocenters. The van der Waals surface area contributed by atoms with E-state index in [1.807, 2.05) is 19.1 Å². The molecule has 138 valence electrons. The van der Waals surface area contributed by atoms with Crippen molar-refractivity contribution in [2.75, 3.05) is 5.32 Å². The van der Waals surface area contributed by atoms with E-state index in [-0.39, 0.29) is 11.7 Å². The molecular formula is C20H17FN2O3S. The van der Waals surface area contributed by atoms with Crippen LogP contribution in [0.2, 0.25) is 0 Å². The Labute approximate surface area is 159 Å². The van der Waals surface area contributed by atoms with Gasteiger partial charge in [0.05, 0.1) is 5.69 Å². The lowest BCUT2D eigenvalue weighted by molar-refractivity contribution is -0.128. The Morgan fingerprint density at radius 2 is 1.78 bits per heavy atom. The minimum atomic E-state index is -0.779. The number of fused-ring (bicyclic) bond motifs is 1. The van der Waals surface area contributed by atoms with Crippen LogP contribution in [-0.4, -0.2) is 23.1 Å². The number of amides is 1. The third-order valence-corrected chi connectivity index (χ3v) is 5.13. The zero-order chi connectivity index (χ0) is 19.0. The van der Waals surface area contributed by atoms with Crippen molar-refractivity contribution in [1.29, 1.82) is 0 Å². The number of hydrogen-bond acceptors (Lipinski definition) is 5. The van der Waals surface area contributed by atoms with E-state index >= 15 is 0 Å². The highest BCUT2D eigenvalue weighted by molar-refractivity contribution is 7.16. The van der Waals surface area contributed by atoms with E-state index in [1.54, 1.807) is 31.2 Å². The van der Waals surface area contributed by atoms with Crippen LogP contribution >= 0.6 is 11.3 Å². The molecule has 0 spiro atoms. The van der Waals surface area contributed by atoms with Crippen LogP contribution in [0, 0.1) is 12.7 Å². The van der Waals surface area contributed by atoms with Gasteiger partial charge in [-0.2, -0.15) is 0 Å². The molecule has 2 heterocycles. The van der Waals surface area contributed by atoms with E-state index in [0.29, 0.717) is 16.6 Å². The van der Waals surface area contributed by atoms with Gasteiger partial charge in [0.15, 0.2) is 16.6 Å². The molecule has 4 rings (SSSR count). The number of carbonyl (C=O) groups is 1. The summed E-state index contributed by atoms with van der Waals surface area (Å²) in [5, 5.41) is 3.27. The fourth-order valence-corrected chi connectivity index (χ4v) is 3.75. The predicted octanol–water partition coefficient (Wildman–Crippen LogP) is 4.42. The number of anilines is 1. The van der Waals surface area contributed by atoms with Gasteiger partial charge >= 0.3 is 0 Å². The SMILES string of the molecule is Cc1sc(NC(=O)C2Oc3ccccc3OC2C)nc1-c1ccc(F)cc1. The van der Waals surface area contributed by atoms with Gasteiger partial charge in [-0.3, -0.25) is 10.1 Å². The molecule has 0 radical (unpaired) electrons. The monoisotopic (exact) mass is 384 g/mol. The summed E-state index contributed by atoms with van der Waals surface area (Å²) >= 11 is 1.36. The molecule has 0 aliphatic carbocycles. The predicted molar refractivity (Wildman–Crippen MR) is 102 cm³/mol. The Morgan fingerprint density at radius 3 is 2.48 bits per heavy atom. The van der Waals surface area contributed by atoms with E-state index in [9.17, 15) is 9.18 Å². The van der Waals surface area contributed by atoms with Crippen molar-refractivity contribution in [2.45, 2.75) is 26.1 Å². The van der Waals surface area contributed by atoms with Gasteiger partial charge in [-0.05, 0) is 50.2 Å². The van der Waals surface area contributed by atoms with Gasteiger partial charge in [-0.1, -0.05) is 12.1 Å². The standard InChI is InChI=1S/C20H17FN2O3S/c1-11-18(26-16-6-4-3-5-15(16)25-11)19(24)23-20-22-17(12(2)27-20)13-7-9-14(21)10-8-13/h3-11,18H,1-2H3,(H,22,23,24). The first-order chi connectivity index (χ1) is 13.0. The number of nitrogens with one attached hydrogen (secondary N) is 1. The number of thiazole rings is 1. The van der Waals surface area contributed by atoms with E-state index in [0.717, 1.165) is 16.1 Å². The van der Waals surface area contributed by atoms with Crippen LogP contribution in [0.1, 0.15) is 11.8 Å². The van der Waals surface area contributed by atoms with E-state index < -0.39 is 12.2 Å². The molecule has 2 aromatic carbocycles. The minimum Gasteiger partial charge on any atom is -0.482 e. The number of hydrogen-bond donors (Lipinski definition) is 1. The van der Waals surface area contributed by atoms with Gasteiger partial charge in [-0.15, -0.1) is 11.3 Å². The Balaban J connectivity index is 1.52. The number of para-hydroxylation sites is 2. The molecular weight excluding hydrogens is 367 g/mol. The quantitative estimate of drug-likeness (QED) is 0.726. The molecule has 2 atom stereocenters. The molecule has 1 aromatic heterocycles. The van der Waals surface area contributed by atoms with Gasteiger partial charge in [0.2, 0.25) is 6.10 Å². The molecule has 0 saturated heterocycles. The van der Waals surface area contributed by atoms with E-state index in [1.165, 1.54) is 23.5 Å². The molecule has 1 amide bonds. The van der Waals surface area contributed by atoms with Crippen LogP contribution in [0.3, 0.4) is 0 Å². The lowest BCUT2D eigenvalue weighted by Gasteiger charge is -2.30. The summed E-state index contributed by atoms with van der Waals surface area (Å²) in [6.45, 7) is 3.70. The van der Waals surface area contributed by atoms with Crippen molar-refractivity contribution in [1.82, 2.24) is 4.98 Å². The fourth-order valence-electron chi connectivity index (χ4n) is 2.91. The number of rotatable bonds is 3. The Morgan fingerprint density at radius 1 is 1.11 bits per heavy atom. The lowest BCUT2D eigenvalue weighted by atomic mass is 10.1. The molecule has 1 aliphatic rings. The van der Waals surface area contributed by atoms with Crippen LogP contribution in [-0.2, 0) is 4.79 Å². The molecule has 0 saturated carbocycles. The van der Waals surface area contributed by atoms with Crippen molar-refractivity contribution >= 4 is 22.4 Å². The van der Waals surface area contributed by atoms with Gasteiger partial charge < -0.3 is 9.47 Å². The summed E-state index contributed by atoms with van der Waals surface area (Å²) in [7, 11) is 0. The van der Waals surface area contributed by atoms with E-state index in [2.05, 4.69) is 10.3 Å². The number of carbonyl (C=O) groups excluding carboxylic acids is 1. The molecule has 1 aliphatic heterocycles. The van der Waals surface area contributed by atoms with Crippen LogP contribution in [0.5, 0.6) is 11.5 Å². The van der Waals surface area contributed by atoms with Crippen LogP contribution in [0.15, 0.2) is 48.5 Å². The molecule has 27 heavy (non-hydrogen) atoms. The summed E-state index contributed by atoms with van der Waals surface area (Å²) in [6, 6.07) is 13.4. The second-order valence-electron chi connectivity index (χ2n) is 6.23. The molecule has 3 aromatic rings. The number of aryl methyl sites for hydroxylation is 1. The zero-order valence-corrected chi connectivity index (χ0v) is 15.5. The maximum Gasteiger partial charge on any atom is 0.271 e. The lowest BCUT2D eigenvalue weighted by Crippen LogP contribution is -2.46. The fraction of sp³-hybridized carbons (Fsp3) is 0.200. The summed E-state index contributed by atoms with van der Waals surface area (Å²) < 4.78 is 24.7. The summed E-state index contributed by atoms with van der Waals surface area (Å²) in [4.78, 5) is 18.1. The number of benzene rings is 2. The number of aromatic nitrogens is 1. The molecule has 5 nitrogen and oxygen atoms in total. The molecule has 0 fully saturated rings.